The fourth-order valence-corrected chi connectivity index (χ4v) is 3.07. The van der Waals surface area contributed by atoms with Crippen LogP contribution in [0.2, 0.25) is 15.2 Å². The van der Waals surface area contributed by atoms with Gasteiger partial charge in [0, 0.05) is 32.6 Å². The summed E-state index contributed by atoms with van der Waals surface area (Å²) < 4.78 is 0. The zero-order valence-electron chi connectivity index (χ0n) is 9.16. The monoisotopic (exact) mass is 318 g/mol. The molecule has 0 saturated heterocycles. The first-order valence-corrected chi connectivity index (χ1v) is 7.16. The van der Waals surface area contributed by atoms with E-state index in [1.54, 1.807) is 36.2 Å². The number of nitrogen functional groups attached to an aromatic ring is 1. The first kappa shape index (κ1) is 13.8. The Balaban J connectivity index is 2.13. The summed E-state index contributed by atoms with van der Waals surface area (Å²) >= 11 is 19.3. The fourth-order valence-electron chi connectivity index (χ4n) is 1.33. The second-order valence-corrected chi connectivity index (χ2v) is 5.82. The van der Waals surface area contributed by atoms with E-state index in [9.17, 15) is 0 Å². The molecule has 0 aliphatic rings. The maximum absolute atomic E-state index is 6.07. The molecule has 0 saturated carbocycles. The third kappa shape index (κ3) is 3.45. The molecule has 2 N–H and O–H groups in total. The van der Waals surface area contributed by atoms with Gasteiger partial charge in [0.2, 0.25) is 0 Å². The number of thioether (sulfide) groups is 1. The Morgan fingerprint density at radius 2 is 1.94 bits per heavy atom. The van der Waals surface area contributed by atoms with Gasteiger partial charge >= 0.3 is 0 Å². The summed E-state index contributed by atoms with van der Waals surface area (Å²) in [7, 11) is 0. The van der Waals surface area contributed by atoms with Crippen molar-refractivity contribution >= 4 is 52.3 Å². The van der Waals surface area contributed by atoms with E-state index in [0.29, 0.717) is 26.6 Å². The van der Waals surface area contributed by atoms with Crippen LogP contribution in [-0.4, -0.2) is 4.98 Å². The number of benzene rings is 1. The van der Waals surface area contributed by atoms with Gasteiger partial charge in [0.25, 0.3) is 0 Å². The lowest BCUT2D eigenvalue weighted by atomic mass is 10.3. The van der Waals surface area contributed by atoms with Crippen LogP contribution < -0.4 is 5.73 Å². The molecule has 1 aromatic heterocycles. The first-order chi connectivity index (χ1) is 8.56. The average Bonchev–Trinajstić information content (AvgIpc) is 2.32. The van der Waals surface area contributed by atoms with E-state index >= 15 is 0 Å². The predicted molar refractivity (Wildman–Crippen MR) is 79.7 cm³/mol. The topological polar surface area (TPSA) is 38.9 Å². The highest BCUT2D eigenvalue weighted by molar-refractivity contribution is 7.98. The second-order valence-electron chi connectivity index (χ2n) is 3.57. The van der Waals surface area contributed by atoms with Crippen LogP contribution in [0.1, 0.15) is 5.56 Å². The smallest absolute Gasteiger partial charge is 0.130 e. The number of halogens is 3. The molecule has 94 valence electrons. The van der Waals surface area contributed by atoms with Crippen molar-refractivity contribution in [3.8, 4) is 0 Å². The van der Waals surface area contributed by atoms with Crippen LogP contribution in [0.15, 0.2) is 35.4 Å². The molecule has 0 fully saturated rings. The highest BCUT2D eigenvalue weighted by atomic mass is 35.5. The lowest BCUT2D eigenvalue weighted by Gasteiger charge is -2.07. The summed E-state index contributed by atoms with van der Waals surface area (Å²) in [5.74, 6) is 0.660. The van der Waals surface area contributed by atoms with Gasteiger partial charge in [-0.15, -0.1) is 11.8 Å². The highest BCUT2D eigenvalue weighted by Gasteiger charge is 2.06. The van der Waals surface area contributed by atoms with Gasteiger partial charge in [0.1, 0.15) is 5.15 Å². The van der Waals surface area contributed by atoms with Crippen molar-refractivity contribution in [1.82, 2.24) is 4.98 Å². The van der Waals surface area contributed by atoms with Crippen LogP contribution in [0.3, 0.4) is 0 Å². The Bertz CT molecular complexity index is 575. The predicted octanol–water partition coefficient (Wildman–Crippen LogP) is 4.92. The SMILES string of the molecule is Nc1ccc(Cl)cc1SCc1cnc(Cl)cc1Cl. The third-order valence-corrected chi connectivity index (χ3v) is 4.17. The van der Waals surface area contributed by atoms with Gasteiger partial charge in [0.05, 0.1) is 0 Å². The van der Waals surface area contributed by atoms with Crippen LogP contribution >= 0.6 is 46.6 Å². The van der Waals surface area contributed by atoms with Gasteiger partial charge in [-0.25, -0.2) is 4.98 Å². The van der Waals surface area contributed by atoms with E-state index in [-0.39, 0.29) is 0 Å². The van der Waals surface area contributed by atoms with E-state index < -0.39 is 0 Å². The number of nitrogens with two attached hydrogens (primary N) is 1. The normalized spacial score (nSPS) is 10.6. The minimum atomic E-state index is 0.385. The molecule has 2 rings (SSSR count). The molecule has 0 bridgehead atoms. The molecule has 0 amide bonds. The van der Waals surface area contributed by atoms with E-state index in [0.717, 1.165) is 10.5 Å². The van der Waals surface area contributed by atoms with Crippen LogP contribution in [0.5, 0.6) is 0 Å². The summed E-state index contributed by atoms with van der Waals surface area (Å²) in [5, 5.41) is 1.64. The molecule has 18 heavy (non-hydrogen) atoms. The summed E-state index contributed by atoms with van der Waals surface area (Å²) in [5.41, 5.74) is 7.47. The largest absolute Gasteiger partial charge is 0.398 e. The molecule has 0 unspecified atom stereocenters. The third-order valence-electron chi connectivity index (χ3n) is 2.26. The minimum Gasteiger partial charge on any atom is -0.398 e. The van der Waals surface area contributed by atoms with Gasteiger partial charge in [-0.3, -0.25) is 0 Å². The first-order valence-electron chi connectivity index (χ1n) is 5.04. The van der Waals surface area contributed by atoms with Gasteiger partial charge in [0.15, 0.2) is 0 Å². The van der Waals surface area contributed by atoms with Crippen molar-refractivity contribution in [2.24, 2.45) is 0 Å². The highest BCUT2D eigenvalue weighted by Crippen LogP contribution is 2.32. The van der Waals surface area contributed by atoms with Gasteiger partial charge < -0.3 is 5.73 Å². The maximum atomic E-state index is 6.07. The Hall–Kier alpha value is -0.610. The van der Waals surface area contributed by atoms with Crippen molar-refractivity contribution in [3.05, 3.63) is 51.2 Å². The lowest BCUT2D eigenvalue weighted by molar-refractivity contribution is 1.25. The van der Waals surface area contributed by atoms with Crippen LogP contribution in [-0.2, 0) is 5.75 Å². The molecule has 2 nitrogen and oxygen atoms in total. The number of aromatic nitrogens is 1. The second kappa shape index (κ2) is 6.02. The summed E-state index contributed by atoms with van der Waals surface area (Å²) in [6.45, 7) is 0. The molecule has 1 aromatic carbocycles. The number of pyridine rings is 1. The zero-order chi connectivity index (χ0) is 13.1. The maximum Gasteiger partial charge on any atom is 0.130 e. The van der Waals surface area contributed by atoms with Gasteiger partial charge in [-0.05, 0) is 29.8 Å². The number of nitrogens with zero attached hydrogens (tertiary/aromatic N) is 1. The standard InChI is InChI=1S/C12H9Cl3N2S/c13-8-1-2-10(16)11(3-8)18-6-7-5-17-12(15)4-9(7)14/h1-5H,6,16H2. The van der Waals surface area contributed by atoms with E-state index in [4.69, 9.17) is 40.5 Å². The molecule has 0 atom stereocenters. The average molecular weight is 320 g/mol. The molecule has 0 radical (unpaired) electrons. The van der Waals surface area contributed by atoms with Gasteiger partial charge in [-0.2, -0.15) is 0 Å². The number of hydrogen-bond donors (Lipinski definition) is 1. The molecule has 2 aromatic rings. The molecular formula is C12H9Cl3N2S. The number of rotatable bonds is 3. The van der Waals surface area contributed by atoms with E-state index in [1.165, 1.54) is 0 Å². The van der Waals surface area contributed by atoms with Crippen LogP contribution in [0.25, 0.3) is 0 Å². The van der Waals surface area contributed by atoms with E-state index in [1.807, 2.05) is 6.07 Å². The fraction of sp³-hybridized carbons (Fsp3) is 0.0833. The van der Waals surface area contributed by atoms with Crippen LogP contribution in [0.4, 0.5) is 5.69 Å². The summed E-state index contributed by atoms with van der Waals surface area (Å²) in [6, 6.07) is 7.00. The molecule has 0 aliphatic heterocycles. The summed E-state index contributed by atoms with van der Waals surface area (Å²) in [4.78, 5) is 4.93. The summed E-state index contributed by atoms with van der Waals surface area (Å²) in [6.07, 6.45) is 1.67. The minimum absolute atomic E-state index is 0.385. The lowest BCUT2D eigenvalue weighted by Crippen LogP contribution is -1.90. The molecule has 0 aliphatic carbocycles. The van der Waals surface area contributed by atoms with Crippen molar-refractivity contribution < 1.29 is 0 Å². The Kier molecular flexibility index (Phi) is 4.62. The van der Waals surface area contributed by atoms with Gasteiger partial charge in [-0.1, -0.05) is 34.8 Å². The van der Waals surface area contributed by atoms with Crippen molar-refractivity contribution in [2.75, 3.05) is 5.73 Å². The number of anilines is 1. The Morgan fingerprint density at radius 1 is 1.17 bits per heavy atom. The quantitative estimate of drug-likeness (QED) is 0.496. The van der Waals surface area contributed by atoms with Crippen molar-refractivity contribution in [3.63, 3.8) is 0 Å². The molecule has 1 heterocycles. The van der Waals surface area contributed by atoms with E-state index in [2.05, 4.69) is 4.98 Å². The molecule has 0 spiro atoms. The van der Waals surface area contributed by atoms with Crippen LogP contribution in [0, 0.1) is 0 Å². The van der Waals surface area contributed by atoms with Crippen molar-refractivity contribution in [2.45, 2.75) is 10.6 Å². The molecule has 6 heteroatoms. The number of hydrogen-bond acceptors (Lipinski definition) is 3. The molecular weight excluding hydrogens is 311 g/mol. The van der Waals surface area contributed by atoms with Crippen molar-refractivity contribution in [1.29, 1.82) is 0 Å². The Labute approximate surface area is 124 Å². The Morgan fingerprint density at radius 3 is 2.67 bits per heavy atom. The zero-order valence-corrected chi connectivity index (χ0v) is 12.2.